The Kier molecular flexibility index (Phi) is 7.52. The van der Waals surface area contributed by atoms with Gasteiger partial charge in [0, 0.05) is 19.3 Å². The van der Waals surface area contributed by atoms with Crippen LogP contribution in [-0.4, -0.2) is 21.1 Å². The van der Waals surface area contributed by atoms with Crippen molar-refractivity contribution in [1.29, 1.82) is 0 Å². The third-order valence-corrected chi connectivity index (χ3v) is 6.77. The first-order valence-corrected chi connectivity index (χ1v) is 10.3. The Morgan fingerprint density at radius 2 is 1.90 bits per heavy atom. The van der Waals surface area contributed by atoms with Crippen LogP contribution in [0.2, 0.25) is 6.04 Å². The first-order chi connectivity index (χ1) is 9.54. The van der Waals surface area contributed by atoms with Crippen molar-refractivity contribution in [2.45, 2.75) is 39.7 Å². The van der Waals surface area contributed by atoms with Gasteiger partial charge in [-0.25, -0.2) is 0 Å². The molecule has 0 aliphatic heterocycles. The molecule has 1 atom stereocenters. The third-order valence-electron chi connectivity index (χ3n) is 3.11. The van der Waals surface area contributed by atoms with Crippen molar-refractivity contribution in [3.8, 4) is 0 Å². The number of allylic oxidation sites excluding steroid dienone is 1. The minimum Gasteiger partial charge on any atom is -0.383 e. The molecule has 1 aromatic rings. The highest BCUT2D eigenvalue weighted by Crippen LogP contribution is 2.30. The van der Waals surface area contributed by atoms with Gasteiger partial charge in [-0.05, 0) is 37.8 Å². The molecule has 1 aromatic carbocycles. The van der Waals surface area contributed by atoms with Crippen molar-refractivity contribution in [2.24, 2.45) is 0 Å². The lowest BCUT2D eigenvalue weighted by atomic mass is 10.0. The minimum absolute atomic E-state index is 0.322. The lowest BCUT2D eigenvalue weighted by Crippen LogP contribution is -2.37. The zero-order chi connectivity index (χ0) is 15.0. The molecule has 0 fully saturated rings. The van der Waals surface area contributed by atoms with E-state index in [1.165, 1.54) is 11.1 Å². The van der Waals surface area contributed by atoms with E-state index >= 15 is 0 Å². The lowest BCUT2D eigenvalue weighted by molar-refractivity contribution is 0.201. The molecule has 0 bridgehead atoms. The van der Waals surface area contributed by atoms with Crippen molar-refractivity contribution in [3.05, 3.63) is 41.5 Å². The quantitative estimate of drug-likeness (QED) is 0.492. The van der Waals surface area contributed by atoms with Gasteiger partial charge in [-0.15, -0.1) is 0 Å². The number of hydrogen-bond acceptors (Lipinski definition) is 2. The Balaban J connectivity index is 2.82. The molecule has 0 aliphatic rings. The van der Waals surface area contributed by atoms with Gasteiger partial charge in [-0.1, -0.05) is 54.4 Å². The average Bonchev–Trinajstić information content (AvgIpc) is 2.39. The van der Waals surface area contributed by atoms with E-state index in [0.29, 0.717) is 19.1 Å². The van der Waals surface area contributed by atoms with Crippen LogP contribution in [0.1, 0.15) is 44.7 Å². The molecule has 20 heavy (non-hydrogen) atoms. The second kappa shape index (κ2) is 8.62. The van der Waals surface area contributed by atoms with E-state index in [2.05, 4.69) is 37.3 Å². The van der Waals surface area contributed by atoms with Gasteiger partial charge in [0.15, 0.2) is 0 Å². The monoisotopic (exact) mass is 312 g/mol. The molecular weight excluding hydrogens is 288 g/mol. The van der Waals surface area contributed by atoms with Crippen LogP contribution in [0.4, 0.5) is 0 Å². The van der Waals surface area contributed by atoms with Gasteiger partial charge in [0.1, 0.15) is 0 Å². The molecule has 0 aliphatic carbocycles. The summed E-state index contributed by atoms with van der Waals surface area (Å²) < 4.78 is 11.4. The minimum atomic E-state index is -2.58. The highest BCUT2D eigenvalue weighted by Gasteiger charge is 2.37. The molecule has 1 unspecified atom stereocenters. The predicted octanol–water partition coefficient (Wildman–Crippen LogP) is 5.07. The molecule has 0 radical (unpaired) electrons. The predicted molar refractivity (Wildman–Crippen MR) is 89.2 cm³/mol. The fourth-order valence-corrected chi connectivity index (χ4v) is 5.73. The zero-order valence-corrected chi connectivity index (χ0v) is 14.6. The molecular formula is C16H25ClO2Si. The van der Waals surface area contributed by atoms with Crippen LogP contribution in [0.3, 0.4) is 0 Å². The van der Waals surface area contributed by atoms with Crippen LogP contribution in [0.25, 0.3) is 6.08 Å². The number of halogens is 1. The SMILES string of the molecule is CC=Cc1cccc(C(C)C[Si](Cl)(OCC)OCC)c1. The van der Waals surface area contributed by atoms with E-state index in [1.54, 1.807) is 0 Å². The molecule has 0 saturated heterocycles. The molecule has 0 N–H and O–H groups in total. The zero-order valence-electron chi connectivity index (χ0n) is 12.9. The fraction of sp³-hybridized carbons (Fsp3) is 0.500. The number of hydrogen-bond donors (Lipinski definition) is 0. The first-order valence-electron chi connectivity index (χ1n) is 7.24. The smallest absolute Gasteiger partial charge is 0.383 e. The van der Waals surface area contributed by atoms with Crippen molar-refractivity contribution in [2.75, 3.05) is 13.2 Å². The lowest BCUT2D eigenvalue weighted by Gasteiger charge is -2.26. The van der Waals surface area contributed by atoms with Gasteiger partial charge >= 0.3 is 7.87 Å². The van der Waals surface area contributed by atoms with E-state index in [1.807, 2.05) is 26.8 Å². The van der Waals surface area contributed by atoms with Crippen LogP contribution in [0, 0.1) is 0 Å². The molecule has 0 spiro atoms. The second-order valence-electron chi connectivity index (χ2n) is 4.80. The molecule has 1 rings (SSSR count). The molecule has 4 heteroatoms. The summed E-state index contributed by atoms with van der Waals surface area (Å²) in [7, 11) is -2.58. The molecule has 2 nitrogen and oxygen atoms in total. The summed E-state index contributed by atoms with van der Waals surface area (Å²) in [5.41, 5.74) is 2.49. The highest BCUT2D eigenvalue weighted by molar-refractivity contribution is 7.13. The largest absolute Gasteiger partial charge is 0.443 e. The summed E-state index contributed by atoms with van der Waals surface area (Å²) in [6.07, 6.45) is 4.15. The second-order valence-corrected chi connectivity index (χ2v) is 8.83. The van der Waals surface area contributed by atoms with Gasteiger partial charge in [0.05, 0.1) is 0 Å². The summed E-state index contributed by atoms with van der Waals surface area (Å²) in [5.74, 6) is 0.322. The summed E-state index contributed by atoms with van der Waals surface area (Å²) >= 11 is 6.57. The van der Waals surface area contributed by atoms with E-state index in [-0.39, 0.29) is 0 Å². The Hall–Kier alpha value is -0.613. The number of rotatable bonds is 8. The van der Waals surface area contributed by atoms with Crippen molar-refractivity contribution in [1.82, 2.24) is 0 Å². The van der Waals surface area contributed by atoms with Crippen LogP contribution < -0.4 is 0 Å². The van der Waals surface area contributed by atoms with Crippen molar-refractivity contribution < 1.29 is 8.85 Å². The summed E-state index contributed by atoms with van der Waals surface area (Å²) in [6.45, 7) is 9.32. The van der Waals surface area contributed by atoms with Gasteiger partial charge in [0.25, 0.3) is 0 Å². The van der Waals surface area contributed by atoms with Crippen molar-refractivity contribution >= 4 is 25.0 Å². The van der Waals surface area contributed by atoms with E-state index < -0.39 is 7.87 Å². The normalized spacial score (nSPS) is 13.8. The Morgan fingerprint density at radius 3 is 2.45 bits per heavy atom. The van der Waals surface area contributed by atoms with Gasteiger partial charge in [-0.2, -0.15) is 0 Å². The summed E-state index contributed by atoms with van der Waals surface area (Å²) in [5, 5.41) is 0. The Morgan fingerprint density at radius 1 is 1.25 bits per heavy atom. The average molecular weight is 313 g/mol. The van der Waals surface area contributed by atoms with Crippen LogP contribution >= 0.6 is 11.1 Å². The maximum atomic E-state index is 6.57. The fourth-order valence-electron chi connectivity index (χ4n) is 2.24. The first kappa shape index (κ1) is 17.4. The third kappa shape index (κ3) is 5.41. The van der Waals surface area contributed by atoms with Crippen LogP contribution in [0.5, 0.6) is 0 Å². The van der Waals surface area contributed by atoms with E-state index in [4.69, 9.17) is 19.9 Å². The van der Waals surface area contributed by atoms with Crippen LogP contribution in [-0.2, 0) is 8.85 Å². The van der Waals surface area contributed by atoms with E-state index in [0.717, 1.165) is 6.04 Å². The van der Waals surface area contributed by atoms with Gasteiger partial charge < -0.3 is 8.85 Å². The molecule has 0 heterocycles. The van der Waals surface area contributed by atoms with Crippen LogP contribution in [0.15, 0.2) is 30.3 Å². The van der Waals surface area contributed by atoms with E-state index in [9.17, 15) is 0 Å². The maximum Gasteiger partial charge on any atom is 0.443 e. The summed E-state index contributed by atoms with van der Waals surface area (Å²) in [4.78, 5) is 0. The summed E-state index contributed by atoms with van der Waals surface area (Å²) in [6, 6.07) is 9.29. The van der Waals surface area contributed by atoms with Gasteiger partial charge in [-0.3, -0.25) is 0 Å². The molecule has 0 amide bonds. The molecule has 0 aromatic heterocycles. The Labute approximate surface area is 128 Å². The molecule has 112 valence electrons. The molecule has 0 saturated carbocycles. The van der Waals surface area contributed by atoms with Crippen molar-refractivity contribution in [3.63, 3.8) is 0 Å². The number of benzene rings is 1. The highest BCUT2D eigenvalue weighted by atomic mass is 35.6. The standard InChI is InChI=1S/C16H25ClO2Si/c1-5-9-15-10-8-11-16(12-15)14(4)13-20(17,18-6-2)19-7-3/h5,8-12,14H,6-7,13H2,1-4H3. The maximum absolute atomic E-state index is 6.57. The topological polar surface area (TPSA) is 18.5 Å². The Bertz CT molecular complexity index is 428. The van der Waals surface area contributed by atoms with Gasteiger partial charge in [0.2, 0.25) is 0 Å².